The fourth-order valence-electron chi connectivity index (χ4n) is 1.51. The van der Waals surface area contributed by atoms with Crippen LogP contribution in [-0.2, 0) is 6.42 Å². The molecule has 0 saturated carbocycles. The molecule has 0 aliphatic carbocycles. The normalized spacial score (nSPS) is 10.7. The second kappa shape index (κ2) is 4.83. The highest BCUT2D eigenvalue weighted by molar-refractivity contribution is 9.10. The summed E-state index contributed by atoms with van der Waals surface area (Å²) in [5.41, 5.74) is 2.56. The van der Waals surface area contributed by atoms with Crippen LogP contribution in [0.2, 0.25) is 0 Å². The van der Waals surface area contributed by atoms with Crippen LogP contribution in [0, 0.1) is 0 Å². The zero-order chi connectivity index (χ0) is 10.7. The van der Waals surface area contributed by atoms with Crippen molar-refractivity contribution >= 4 is 15.9 Å². The van der Waals surface area contributed by atoms with E-state index >= 15 is 0 Å². The van der Waals surface area contributed by atoms with Crippen molar-refractivity contribution in [2.45, 2.75) is 33.1 Å². The summed E-state index contributed by atoms with van der Waals surface area (Å²) in [5.74, 6) is 1.49. The van der Waals surface area contributed by atoms with Gasteiger partial charge in [-0.15, -0.1) is 0 Å². The number of hydrogen-bond donors (Lipinski definition) is 0. The maximum absolute atomic E-state index is 5.38. The number of methoxy groups -OCH3 is 1. The Kier molecular flexibility index (Phi) is 3.99. The Morgan fingerprint density at radius 2 is 2.00 bits per heavy atom. The van der Waals surface area contributed by atoms with E-state index in [0.717, 1.165) is 12.2 Å². The van der Waals surface area contributed by atoms with Crippen LogP contribution in [0.3, 0.4) is 0 Å². The predicted molar refractivity (Wildman–Crippen MR) is 64.2 cm³/mol. The van der Waals surface area contributed by atoms with Crippen LogP contribution in [0.1, 0.15) is 37.8 Å². The van der Waals surface area contributed by atoms with Gasteiger partial charge in [-0.25, -0.2) is 0 Å². The summed E-state index contributed by atoms with van der Waals surface area (Å²) in [6.45, 7) is 6.50. The highest BCUT2D eigenvalue weighted by Crippen LogP contribution is 2.32. The Morgan fingerprint density at radius 1 is 1.36 bits per heavy atom. The van der Waals surface area contributed by atoms with E-state index in [-0.39, 0.29) is 0 Å². The number of aryl methyl sites for hydroxylation is 1. The van der Waals surface area contributed by atoms with Gasteiger partial charge in [0.2, 0.25) is 0 Å². The smallest absolute Gasteiger partial charge is 0.122 e. The summed E-state index contributed by atoms with van der Waals surface area (Å²) in [5, 5.41) is 0. The van der Waals surface area contributed by atoms with E-state index in [4.69, 9.17) is 4.74 Å². The molecule has 2 heteroatoms. The van der Waals surface area contributed by atoms with Crippen molar-refractivity contribution in [2.24, 2.45) is 0 Å². The first-order valence-corrected chi connectivity index (χ1v) is 5.75. The molecule has 0 amide bonds. The second-order valence-corrected chi connectivity index (χ2v) is 4.55. The first-order valence-electron chi connectivity index (χ1n) is 4.96. The van der Waals surface area contributed by atoms with Gasteiger partial charge in [-0.3, -0.25) is 0 Å². The van der Waals surface area contributed by atoms with Crippen LogP contribution < -0.4 is 4.74 Å². The van der Waals surface area contributed by atoms with Gasteiger partial charge in [0.15, 0.2) is 0 Å². The molecule has 0 aliphatic rings. The van der Waals surface area contributed by atoms with Crippen molar-refractivity contribution < 1.29 is 4.74 Å². The third-order valence-electron chi connectivity index (χ3n) is 2.40. The summed E-state index contributed by atoms with van der Waals surface area (Å²) in [4.78, 5) is 0. The summed E-state index contributed by atoms with van der Waals surface area (Å²) in [6, 6.07) is 4.29. The van der Waals surface area contributed by atoms with Gasteiger partial charge in [0.05, 0.1) is 7.11 Å². The van der Waals surface area contributed by atoms with Gasteiger partial charge < -0.3 is 4.74 Å². The minimum absolute atomic E-state index is 0.493. The molecule has 1 aromatic carbocycles. The summed E-state index contributed by atoms with van der Waals surface area (Å²) in [6.07, 6.45) is 1.02. The van der Waals surface area contributed by atoms with E-state index in [1.54, 1.807) is 7.11 Å². The standard InChI is InChI=1S/C12H17BrO/c1-5-9-6-12(14-4)10(8(2)3)7-11(9)13/h6-8H,5H2,1-4H3. The van der Waals surface area contributed by atoms with Crippen LogP contribution in [0.5, 0.6) is 5.75 Å². The third-order valence-corrected chi connectivity index (χ3v) is 3.14. The number of hydrogen-bond acceptors (Lipinski definition) is 1. The maximum Gasteiger partial charge on any atom is 0.122 e. The van der Waals surface area contributed by atoms with Crippen molar-refractivity contribution in [3.63, 3.8) is 0 Å². The molecule has 78 valence electrons. The zero-order valence-corrected chi connectivity index (χ0v) is 10.8. The Bertz CT molecular complexity index is 318. The molecule has 0 N–H and O–H groups in total. The van der Waals surface area contributed by atoms with E-state index in [0.29, 0.717) is 5.92 Å². The lowest BCUT2D eigenvalue weighted by Crippen LogP contribution is -1.96. The first-order chi connectivity index (χ1) is 6.60. The molecule has 0 fully saturated rings. The average molecular weight is 257 g/mol. The summed E-state index contributed by atoms with van der Waals surface area (Å²) in [7, 11) is 1.73. The molecule has 0 saturated heterocycles. The first kappa shape index (κ1) is 11.6. The number of ether oxygens (including phenoxy) is 1. The average Bonchev–Trinajstić information content (AvgIpc) is 2.17. The molecule has 1 rings (SSSR count). The van der Waals surface area contributed by atoms with E-state index < -0.39 is 0 Å². The van der Waals surface area contributed by atoms with Crippen LogP contribution in [-0.4, -0.2) is 7.11 Å². The van der Waals surface area contributed by atoms with Crippen LogP contribution in [0.25, 0.3) is 0 Å². The molecule has 0 atom stereocenters. The topological polar surface area (TPSA) is 9.23 Å². The van der Waals surface area contributed by atoms with Gasteiger partial charge in [0.25, 0.3) is 0 Å². The zero-order valence-electron chi connectivity index (χ0n) is 9.23. The monoisotopic (exact) mass is 256 g/mol. The van der Waals surface area contributed by atoms with E-state index in [9.17, 15) is 0 Å². The Hall–Kier alpha value is -0.500. The van der Waals surface area contributed by atoms with Crippen molar-refractivity contribution in [3.8, 4) is 5.75 Å². The second-order valence-electron chi connectivity index (χ2n) is 3.69. The van der Waals surface area contributed by atoms with Crippen LogP contribution >= 0.6 is 15.9 Å². The SMILES string of the molecule is CCc1cc(OC)c(C(C)C)cc1Br. The lowest BCUT2D eigenvalue weighted by atomic mass is 9.99. The van der Waals surface area contributed by atoms with Crippen LogP contribution in [0.4, 0.5) is 0 Å². The fraction of sp³-hybridized carbons (Fsp3) is 0.500. The molecule has 0 aromatic heterocycles. The van der Waals surface area contributed by atoms with E-state index in [1.165, 1.54) is 15.6 Å². The van der Waals surface area contributed by atoms with Crippen molar-refractivity contribution in [2.75, 3.05) is 7.11 Å². The summed E-state index contributed by atoms with van der Waals surface area (Å²) >= 11 is 3.58. The minimum Gasteiger partial charge on any atom is -0.496 e. The Balaban J connectivity index is 3.24. The Labute approximate surface area is 94.6 Å². The minimum atomic E-state index is 0.493. The molecular weight excluding hydrogens is 240 g/mol. The van der Waals surface area contributed by atoms with Crippen molar-refractivity contribution in [3.05, 3.63) is 27.7 Å². The molecule has 0 unspecified atom stereocenters. The van der Waals surface area contributed by atoms with Gasteiger partial charge in [-0.05, 0) is 35.6 Å². The van der Waals surface area contributed by atoms with Crippen LogP contribution in [0.15, 0.2) is 16.6 Å². The molecule has 0 radical (unpaired) electrons. The molecule has 0 heterocycles. The molecule has 0 aliphatic heterocycles. The molecule has 0 bridgehead atoms. The molecular formula is C12H17BrO. The van der Waals surface area contributed by atoms with E-state index in [1.807, 2.05) is 0 Å². The fourth-order valence-corrected chi connectivity index (χ4v) is 2.15. The third kappa shape index (κ3) is 2.30. The maximum atomic E-state index is 5.38. The number of rotatable bonds is 3. The van der Waals surface area contributed by atoms with Gasteiger partial charge in [0.1, 0.15) is 5.75 Å². The highest BCUT2D eigenvalue weighted by atomic mass is 79.9. The van der Waals surface area contributed by atoms with Gasteiger partial charge in [-0.1, -0.05) is 36.7 Å². The van der Waals surface area contributed by atoms with Crippen molar-refractivity contribution in [1.29, 1.82) is 0 Å². The largest absolute Gasteiger partial charge is 0.496 e. The highest BCUT2D eigenvalue weighted by Gasteiger charge is 2.10. The lowest BCUT2D eigenvalue weighted by Gasteiger charge is -2.14. The lowest BCUT2D eigenvalue weighted by molar-refractivity contribution is 0.407. The molecule has 0 spiro atoms. The number of benzene rings is 1. The quantitative estimate of drug-likeness (QED) is 0.790. The molecule has 1 nitrogen and oxygen atoms in total. The van der Waals surface area contributed by atoms with Gasteiger partial charge in [-0.2, -0.15) is 0 Å². The molecule has 14 heavy (non-hydrogen) atoms. The van der Waals surface area contributed by atoms with Gasteiger partial charge >= 0.3 is 0 Å². The van der Waals surface area contributed by atoms with E-state index in [2.05, 4.69) is 48.8 Å². The number of halogens is 1. The Morgan fingerprint density at radius 3 is 2.43 bits per heavy atom. The molecule has 1 aromatic rings. The van der Waals surface area contributed by atoms with Crippen molar-refractivity contribution in [1.82, 2.24) is 0 Å². The predicted octanol–water partition coefficient (Wildman–Crippen LogP) is 4.14. The summed E-state index contributed by atoms with van der Waals surface area (Å²) < 4.78 is 6.57. The van der Waals surface area contributed by atoms with Gasteiger partial charge in [0, 0.05) is 4.47 Å².